The number of allylic oxidation sites excluding steroid dienone is 7. The molecule has 0 aliphatic heterocycles. The second-order valence-corrected chi connectivity index (χ2v) is 14.3. The summed E-state index contributed by atoms with van der Waals surface area (Å²) in [5.41, 5.74) is 7.86. The quantitative estimate of drug-likeness (QED) is 0.106. The molecule has 2 atom stereocenters. The molecule has 0 N–H and O–H groups in total. The van der Waals surface area contributed by atoms with Gasteiger partial charge in [0.2, 0.25) is 0 Å². The van der Waals surface area contributed by atoms with Crippen molar-refractivity contribution in [3.8, 4) is 11.1 Å². The maximum atomic E-state index is 9.56. The molecule has 0 saturated carbocycles. The predicted molar refractivity (Wildman–Crippen MR) is 234 cm³/mol. The average molecular weight is 712 g/mol. The van der Waals surface area contributed by atoms with Gasteiger partial charge in [0.25, 0.3) is 0 Å². The molecule has 0 heterocycles. The Morgan fingerprint density at radius 2 is 1.40 bits per heavy atom. The molecule has 7 aromatic rings. The highest BCUT2D eigenvalue weighted by atomic mass is 15.1. The van der Waals surface area contributed by atoms with E-state index in [1.807, 2.05) is 35.2 Å². The number of benzene rings is 7. The van der Waals surface area contributed by atoms with Gasteiger partial charge in [-0.25, -0.2) is 0 Å². The Bertz CT molecular complexity index is 2940. The molecule has 0 saturated heterocycles. The molecule has 2 aliphatic rings. The fraction of sp³-hybridized carbons (Fsp3) is 0.0741. The van der Waals surface area contributed by atoms with Crippen LogP contribution in [0, 0.1) is 5.92 Å². The SMILES string of the molecule is [2H]C=C(C[2H])C(=C[2H])/C([2H])=C(/[2H])C(=C[2H])N(C1=CC2C(C=C1)c1ccccc1C2(c1ccccc1)c1ccccc1)c1cccc(-c2cc3ccccc3c3ccccc23)c1. The van der Waals surface area contributed by atoms with E-state index in [-0.39, 0.29) is 47.7 Å². The van der Waals surface area contributed by atoms with Crippen molar-refractivity contribution >= 4 is 27.2 Å². The Hall–Kier alpha value is -6.70. The van der Waals surface area contributed by atoms with Crippen molar-refractivity contribution in [2.75, 3.05) is 4.90 Å². The van der Waals surface area contributed by atoms with E-state index >= 15 is 0 Å². The molecule has 0 spiro atoms. The molecule has 0 fully saturated rings. The summed E-state index contributed by atoms with van der Waals surface area (Å²) in [4.78, 5) is 1.89. The van der Waals surface area contributed by atoms with Crippen molar-refractivity contribution in [2.24, 2.45) is 5.92 Å². The molecular formula is C54H43N. The van der Waals surface area contributed by atoms with Crippen LogP contribution >= 0.6 is 0 Å². The molecule has 1 heteroatoms. The third-order valence-electron chi connectivity index (χ3n) is 11.3. The van der Waals surface area contributed by atoms with Crippen LogP contribution in [0.25, 0.3) is 32.7 Å². The van der Waals surface area contributed by atoms with Gasteiger partial charge in [0.05, 0.1) is 12.3 Å². The van der Waals surface area contributed by atoms with Crippen LogP contribution in [-0.2, 0) is 5.41 Å². The molecule has 7 aromatic carbocycles. The summed E-state index contributed by atoms with van der Waals surface area (Å²) in [6, 6.07) is 56.5. The number of anilines is 1. The second kappa shape index (κ2) is 13.9. The van der Waals surface area contributed by atoms with Crippen molar-refractivity contribution in [2.45, 2.75) is 18.2 Å². The zero-order valence-corrected chi connectivity index (χ0v) is 30.4. The number of hydrogen-bond acceptors (Lipinski definition) is 1. The third kappa shape index (κ3) is 5.72. The van der Waals surface area contributed by atoms with Crippen molar-refractivity contribution < 1.29 is 8.22 Å². The monoisotopic (exact) mass is 711 g/mol. The molecule has 0 amide bonds. The lowest BCUT2D eigenvalue weighted by atomic mass is 9.63. The van der Waals surface area contributed by atoms with E-state index in [9.17, 15) is 2.74 Å². The zero-order valence-electron chi connectivity index (χ0n) is 36.4. The minimum Gasteiger partial charge on any atom is -0.311 e. The molecule has 55 heavy (non-hydrogen) atoms. The summed E-state index contributed by atoms with van der Waals surface area (Å²) in [5.74, 6) is -0.117. The fourth-order valence-corrected chi connectivity index (χ4v) is 8.90. The van der Waals surface area contributed by atoms with Crippen LogP contribution in [0.4, 0.5) is 5.69 Å². The first kappa shape index (κ1) is 27.8. The average Bonchev–Trinajstić information content (AvgIpc) is 3.62. The molecule has 0 bridgehead atoms. The van der Waals surface area contributed by atoms with E-state index in [2.05, 4.69) is 152 Å². The molecule has 2 aliphatic carbocycles. The van der Waals surface area contributed by atoms with E-state index in [0.29, 0.717) is 5.69 Å². The topological polar surface area (TPSA) is 3.24 Å². The van der Waals surface area contributed by atoms with Crippen LogP contribution in [-0.4, -0.2) is 0 Å². The predicted octanol–water partition coefficient (Wildman–Crippen LogP) is 13.9. The summed E-state index contributed by atoms with van der Waals surface area (Å²) >= 11 is 0. The summed E-state index contributed by atoms with van der Waals surface area (Å²) < 4.78 is 51.8. The minimum absolute atomic E-state index is 0.00247. The zero-order chi connectivity index (χ0) is 42.1. The first-order valence-electron chi connectivity index (χ1n) is 22.0. The van der Waals surface area contributed by atoms with Gasteiger partial charge < -0.3 is 4.90 Å². The van der Waals surface area contributed by atoms with Crippen LogP contribution in [0.2, 0.25) is 0 Å². The Balaban J connectivity index is 1.29. The maximum Gasteiger partial charge on any atom is 0.0645 e. The second-order valence-electron chi connectivity index (χ2n) is 14.3. The summed E-state index contributed by atoms with van der Waals surface area (Å²) in [6.45, 7) is 2.67. The van der Waals surface area contributed by atoms with Crippen molar-refractivity contribution in [3.63, 3.8) is 0 Å². The first-order chi connectivity index (χ1) is 29.9. The molecule has 0 aromatic heterocycles. The number of hydrogen-bond donors (Lipinski definition) is 0. The van der Waals surface area contributed by atoms with Gasteiger partial charge in [-0.1, -0.05) is 189 Å². The Morgan fingerprint density at radius 3 is 2.15 bits per heavy atom. The van der Waals surface area contributed by atoms with Gasteiger partial charge in [-0.15, -0.1) is 0 Å². The van der Waals surface area contributed by atoms with E-state index in [1.165, 1.54) is 16.5 Å². The lowest BCUT2D eigenvalue weighted by molar-refractivity contribution is 0.453. The van der Waals surface area contributed by atoms with Gasteiger partial charge in [-0.3, -0.25) is 0 Å². The molecule has 1 nitrogen and oxygen atoms in total. The van der Waals surface area contributed by atoms with E-state index < -0.39 is 5.41 Å². The smallest absolute Gasteiger partial charge is 0.0645 e. The Kier molecular flexibility index (Phi) is 7.05. The summed E-state index contributed by atoms with van der Waals surface area (Å²) in [5, 5.41) is 4.53. The Morgan fingerprint density at radius 1 is 0.691 bits per heavy atom. The molecular weight excluding hydrogens is 663 g/mol. The number of rotatable bonds is 9. The molecule has 2 unspecified atom stereocenters. The minimum atomic E-state index is -0.592. The van der Waals surface area contributed by atoms with E-state index in [4.69, 9.17) is 5.48 Å². The van der Waals surface area contributed by atoms with Crippen LogP contribution < -0.4 is 4.90 Å². The number of fused-ring (bicyclic) bond motifs is 6. The van der Waals surface area contributed by atoms with E-state index in [1.54, 1.807) is 0 Å². The fourth-order valence-electron chi connectivity index (χ4n) is 8.90. The normalized spacial score (nSPS) is 19.9. The lowest BCUT2D eigenvalue weighted by Gasteiger charge is -2.40. The van der Waals surface area contributed by atoms with Gasteiger partial charge in [0.15, 0.2) is 0 Å². The van der Waals surface area contributed by atoms with Gasteiger partial charge in [0, 0.05) is 30.3 Å². The van der Waals surface area contributed by atoms with Gasteiger partial charge >= 0.3 is 0 Å². The van der Waals surface area contributed by atoms with Gasteiger partial charge in [-0.2, -0.15) is 0 Å². The highest BCUT2D eigenvalue weighted by Crippen LogP contribution is 2.60. The molecule has 264 valence electrons. The summed E-state index contributed by atoms with van der Waals surface area (Å²) in [6.07, 6.45) is 6.60. The van der Waals surface area contributed by atoms with Crippen LogP contribution in [0.3, 0.4) is 0 Å². The van der Waals surface area contributed by atoms with Crippen molar-refractivity contribution in [1.29, 1.82) is 0 Å². The van der Waals surface area contributed by atoms with Crippen LogP contribution in [0.5, 0.6) is 0 Å². The maximum absolute atomic E-state index is 9.56. The van der Waals surface area contributed by atoms with Gasteiger partial charge in [0.1, 0.15) is 0 Å². The highest BCUT2D eigenvalue weighted by Gasteiger charge is 2.53. The van der Waals surface area contributed by atoms with Gasteiger partial charge in [-0.05, 0) is 97.7 Å². The van der Waals surface area contributed by atoms with E-state index in [0.717, 1.165) is 63.8 Å². The van der Waals surface area contributed by atoms with Crippen LogP contribution in [0.15, 0.2) is 236 Å². The van der Waals surface area contributed by atoms with Crippen molar-refractivity contribution in [1.82, 2.24) is 0 Å². The number of nitrogens with zero attached hydrogens (tertiary/aromatic N) is 1. The lowest BCUT2D eigenvalue weighted by Crippen LogP contribution is -2.36. The van der Waals surface area contributed by atoms with Crippen molar-refractivity contribution in [3.05, 3.63) is 259 Å². The largest absolute Gasteiger partial charge is 0.311 e. The third-order valence-corrected chi connectivity index (χ3v) is 11.3. The summed E-state index contributed by atoms with van der Waals surface area (Å²) in [7, 11) is 0. The van der Waals surface area contributed by atoms with Crippen LogP contribution in [0.1, 0.15) is 43.3 Å². The molecule has 0 radical (unpaired) electrons. The first-order valence-corrected chi connectivity index (χ1v) is 18.6. The standard InChI is InChI=1S/C54H43N/c1-37(2)38(3)30-31-39(4)55(44-24-17-19-40(34-44)51-35-41-18-11-12-25-46(41)47-26-13-14-27-48(47)51)45-32-33-50-49-28-15-16-29-52(49)54(53(50)36-45,42-20-7-5-8-21-42)43-22-9-6-10-23-43/h5-36,50,53H,1,3-4H2,2H3/b31-30-/i1D,2D,3D,4D,30D,31D/b31-30-,37-1?,38-3?,39-4?. The Labute approximate surface area is 333 Å². The molecule has 9 rings (SSSR count). The highest BCUT2D eigenvalue weighted by molar-refractivity contribution is 6.13.